The largest absolute Gasteiger partial charge is 0.748 e. The van der Waals surface area contributed by atoms with Gasteiger partial charge in [-0.1, -0.05) is 59.2 Å². The number of benzene rings is 2. The molecule has 0 saturated carbocycles. The third kappa shape index (κ3) is 4.40. The molecule has 3 heteroatoms. The number of nitrogens with zero attached hydrogens (tertiary/aromatic N) is 1. The first-order valence-electron chi connectivity index (χ1n) is 8.89. The van der Waals surface area contributed by atoms with Crippen LogP contribution >= 0.6 is 0 Å². The minimum absolute atomic E-state index is 0. The molecule has 28 heavy (non-hydrogen) atoms. The fourth-order valence-corrected chi connectivity index (χ4v) is 3.04. The number of para-hydroxylation sites is 2. The fourth-order valence-electron chi connectivity index (χ4n) is 3.04. The van der Waals surface area contributed by atoms with E-state index in [4.69, 9.17) is 4.98 Å². The van der Waals surface area contributed by atoms with Crippen molar-refractivity contribution < 1.29 is 22.2 Å². The number of phenols is 1. The third-order valence-corrected chi connectivity index (χ3v) is 4.42. The Morgan fingerprint density at radius 2 is 1.43 bits per heavy atom. The number of phenolic OH excluding ortho intramolecular Hbond substituents is 1. The topological polar surface area (TPSA) is 33.1 Å². The Hall–Kier alpha value is -3.13. The van der Waals surface area contributed by atoms with E-state index in [0.717, 1.165) is 33.3 Å². The average molecular weight is 405 g/mol. The second kappa shape index (κ2) is 9.18. The normalized spacial score (nSPS) is 10.0. The molecule has 0 fully saturated rings. The van der Waals surface area contributed by atoms with Crippen LogP contribution in [0.25, 0.3) is 33.3 Å². The molecular weight excluding hydrogens is 386 g/mol. The molecule has 0 radical (unpaired) electrons. The van der Waals surface area contributed by atoms with E-state index in [1.165, 1.54) is 0 Å². The van der Waals surface area contributed by atoms with Gasteiger partial charge in [-0.2, -0.15) is 0 Å². The Morgan fingerprint density at radius 1 is 0.750 bits per heavy atom. The van der Waals surface area contributed by atoms with Gasteiger partial charge in [0.05, 0.1) is 11.3 Å². The van der Waals surface area contributed by atoms with Crippen LogP contribution in [0.4, 0.5) is 0 Å². The van der Waals surface area contributed by atoms with Gasteiger partial charge in [-0.05, 0) is 12.1 Å². The number of aromatic nitrogens is 1. The Morgan fingerprint density at radius 3 is 2.18 bits per heavy atom. The minimum Gasteiger partial charge on any atom is -0.748 e. The molecule has 4 aromatic carbocycles. The van der Waals surface area contributed by atoms with E-state index in [9.17, 15) is 5.11 Å². The quantitative estimate of drug-likeness (QED) is 0.273. The van der Waals surface area contributed by atoms with Gasteiger partial charge in [0.25, 0.3) is 0 Å². The summed E-state index contributed by atoms with van der Waals surface area (Å²) in [5.74, 6) is 0.297. The van der Waals surface area contributed by atoms with Gasteiger partial charge >= 0.3 is 0 Å². The summed E-state index contributed by atoms with van der Waals surface area (Å²) < 4.78 is 0. The molecule has 2 nitrogen and oxygen atoms in total. The van der Waals surface area contributed by atoms with Gasteiger partial charge in [-0.25, -0.2) is 0 Å². The van der Waals surface area contributed by atoms with E-state index in [1.54, 1.807) is 6.07 Å². The average Bonchev–Trinajstić information content (AvgIpc) is 3.43. The van der Waals surface area contributed by atoms with E-state index < -0.39 is 0 Å². The van der Waals surface area contributed by atoms with E-state index in [0.29, 0.717) is 5.75 Å². The first-order chi connectivity index (χ1) is 13.3. The van der Waals surface area contributed by atoms with Crippen LogP contribution in [-0.2, 0) is 17.1 Å². The number of rotatable bonds is 2. The summed E-state index contributed by atoms with van der Waals surface area (Å²) in [6.07, 6.45) is 0. The maximum absolute atomic E-state index is 9.97. The molecule has 0 aliphatic heterocycles. The molecule has 0 amide bonds. The van der Waals surface area contributed by atoms with Crippen molar-refractivity contribution in [2.24, 2.45) is 0 Å². The number of aromatic hydroxyl groups is 1. The van der Waals surface area contributed by atoms with Gasteiger partial charge in [-0.3, -0.25) is 4.98 Å². The van der Waals surface area contributed by atoms with E-state index >= 15 is 0 Å². The number of fused-ring (bicyclic) bond motifs is 1. The summed E-state index contributed by atoms with van der Waals surface area (Å²) in [6, 6.07) is 35.7. The minimum atomic E-state index is 0. The maximum Gasteiger partial charge on any atom is 0.0701 e. The Balaban J connectivity index is 0.000000329. The summed E-state index contributed by atoms with van der Waals surface area (Å²) in [5, 5.41) is 11.1. The molecule has 1 heterocycles. The molecule has 0 bridgehead atoms. The van der Waals surface area contributed by atoms with Crippen LogP contribution in [0, 0.1) is 0 Å². The molecule has 0 atom stereocenters. The maximum atomic E-state index is 9.97. The van der Waals surface area contributed by atoms with Crippen molar-refractivity contribution in [2.75, 3.05) is 0 Å². The van der Waals surface area contributed by atoms with Crippen LogP contribution in [0.2, 0.25) is 0 Å². The van der Waals surface area contributed by atoms with Gasteiger partial charge in [0, 0.05) is 28.1 Å². The summed E-state index contributed by atoms with van der Waals surface area (Å²) >= 11 is 0. The molecule has 0 aliphatic carbocycles. The van der Waals surface area contributed by atoms with E-state index in [1.807, 2.05) is 84.9 Å². The van der Waals surface area contributed by atoms with Crippen LogP contribution in [0.3, 0.4) is 0 Å². The van der Waals surface area contributed by atoms with Crippen molar-refractivity contribution in [3.8, 4) is 28.1 Å². The first kappa shape index (κ1) is 19.6. The summed E-state index contributed by atoms with van der Waals surface area (Å²) in [6.45, 7) is 0. The second-order valence-electron chi connectivity index (χ2n) is 6.26. The number of pyridine rings is 1. The van der Waals surface area contributed by atoms with Crippen molar-refractivity contribution in [1.82, 2.24) is 4.98 Å². The molecule has 144 valence electrons. The SMILES string of the molecule is Oc1ccccc1-[c-]1ccc(-c2ccc3ccccc3n2)c1.[Fe].[cH-]1[cH-][cH-][cH-][cH-]1. The van der Waals surface area contributed by atoms with Crippen LogP contribution < -0.4 is 0 Å². The Kier molecular flexibility index (Phi) is 6.44. The monoisotopic (exact) mass is 405 g/mol. The fraction of sp³-hybridized carbons (Fsp3) is 0. The van der Waals surface area contributed by atoms with Crippen molar-refractivity contribution in [1.29, 1.82) is 0 Å². The Labute approximate surface area is 175 Å². The molecule has 1 N–H and O–H groups in total. The zero-order chi connectivity index (χ0) is 18.5. The van der Waals surface area contributed by atoms with Gasteiger partial charge in [0.1, 0.15) is 0 Å². The first-order valence-corrected chi connectivity index (χ1v) is 8.89. The van der Waals surface area contributed by atoms with Crippen LogP contribution in [0.1, 0.15) is 0 Å². The van der Waals surface area contributed by atoms with Crippen molar-refractivity contribution >= 4 is 10.9 Å². The van der Waals surface area contributed by atoms with Crippen molar-refractivity contribution in [2.45, 2.75) is 0 Å². The van der Waals surface area contributed by atoms with Gasteiger partial charge in [-0.15, -0.1) is 24.3 Å². The van der Waals surface area contributed by atoms with Crippen LogP contribution in [0.15, 0.2) is 109 Å². The number of hydrogen-bond donors (Lipinski definition) is 1. The standard InChI is InChI=1S/C20H14NO.C5H5.Fe/c22-20-8-4-2-6-17(20)15-9-10-16(13-15)19-12-11-14-5-1-3-7-18(14)21-19;1-2-4-5-3-1;/h1-13,22H;1-5H;/q-1;-5;. The molecular formula is C25H19FeNO-6. The second-order valence-corrected chi connectivity index (χ2v) is 6.26. The van der Waals surface area contributed by atoms with Crippen LogP contribution in [0.5, 0.6) is 5.75 Å². The predicted molar refractivity (Wildman–Crippen MR) is 112 cm³/mol. The number of hydrogen-bond acceptors (Lipinski definition) is 2. The van der Waals surface area contributed by atoms with E-state index in [2.05, 4.69) is 18.2 Å². The van der Waals surface area contributed by atoms with Crippen LogP contribution in [-0.4, -0.2) is 10.1 Å². The van der Waals surface area contributed by atoms with Gasteiger partial charge < -0.3 is 35.4 Å². The summed E-state index contributed by atoms with van der Waals surface area (Å²) in [7, 11) is 0. The summed E-state index contributed by atoms with van der Waals surface area (Å²) in [4.78, 5) is 4.71. The van der Waals surface area contributed by atoms with E-state index in [-0.39, 0.29) is 17.1 Å². The molecule has 5 rings (SSSR count). The Bertz CT molecular complexity index is 1120. The molecule has 0 aliphatic rings. The zero-order valence-electron chi connectivity index (χ0n) is 15.1. The molecule has 0 unspecified atom stereocenters. The zero-order valence-corrected chi connectivity index (χ0v) is 16.2. The third-order valence-electron chi connectivity index (χ3n) is 4.42. The smallest absolute Gasteiger partial charge is 0.0701 e. The summed E-state index contributed by atoms with van der Waals surface area (Å²) in [5.41, 5.74) is 4.84. The molecule has 5 aromatic rings. The molecule has 1 aromatic heterocycles. The predicted octanol–water partition coefficient (Wildman–Crippen LogP) is 6.40. The van der Waals surface area contributed by atoms with Gasteiger partial charge in [0.2, 0.25) is 0 Å². The van der Waals surface area contributed by atoms with Crippen molar-refractivity contribution in [3.63, 3.8) is 0 Å². The molecule has 0 spiro atoms. The molecule has 0 saturated heterocycles. The van der Waals surface area contributed by atoms with Crippen molar-refractivity contribution in [3.05, 3.63) is 109 Å². The van der Waals surface area contributed by atoms with Gasteiger partial charge in [0.15, 0.2) is 0 Å².